The third kappa shape index (κ3) is 6.13. The van der Waals surface area contributed by atoms with Gasteiger partial charge in [0.05, 0.1) is 0 Å². The molecule has 0 saturated heterocycles. The quantitative estimate of drug-likeness (QED) is 0.184. The molecule has 0 spiro atoms. The summed E-state index contributed by atoms with van der Waals surface area (Å²) in [5, 5.41) is 0. The van der Waals surface area contributed by atoms with Gasteiger partial charge in [0.15, 0.2) is 5.82 Å². The first-order valence-electron chi connectivity index (χ1n) is 13.0. The molecule has 34 heteroatoms. The Morgan fingerprint density at radius 1 is 0.298 bits per heavy atom. The summed E-state index contributed by atoms with van der Waals surface area (Å²) in [4.78, 5) is 9.78. The maximum absolute atomic E-state index is 14.6. The van der Waals surface area contributed by atoms with E-state index in [9.17, 15) is 127 Å². The summed E-state index contributed by atoms with van der Waals surface area (Å²) < 4.78 is 399. The van der Waals surface area contributed by atoms with Crippen LogP contribution < -0.4 is 11.5 Å². The van der Waals surface area contributed by atoms with E-state index in [-0.39, 0.29) is 12.1 Å². The molecule has 0 unspecified atom stereocenters. The fraction of sp³-hybridized carbons (Fsp3) is 0.609. The summed E-state index contributed by atoms with van der Waals surface area (Å²) in [6, 6.07) is -0.897. The zero-order valence-electron chi connectivity index (χ0n) is 25.3. The van der Waals surface area contributed by atoms with Crippen molar-refractivity contribution in [3.8, 4) is 11.4 Å². The van der Waals surface area contributed by atoms with Crippen LogP contribution in [-0.2, 0) is 5.92 Å². The van der Waals surface area contributed by atoms with Gasteiger partial charge in [-0.2, -0.15) is 142 Å². The first-order valence-corrected chi connectivity index (χ1v) is 13.0. The number of hydrogen-bond acceptors (Lipinski definition) is 5. The van der Waals surface area contributed by atoms with E-state index < -0.39 is 124 Å². The van der Waals surface area contributed by atoms with E-state index in [2.05, 4.69) is 15.0 Å². The van der Waals surface area contributed by atoms with Crippen molar-refractivity contribution in [1.29, 1.82) is 0 Å². The van der Waals surface area contributed by atoms with Crippen molar-refractivity contribution in [3.05, 3.63) is 29.8 Å². The molecule has 2 aromatic rings. The standard InChI is InChI=1S/C23H8F29N5/c24-10(25,6-3-1-5(2-4-6)7-55-8(53)57-9(54)56-7)11(26,27)12(28,29)13(30,31)14(32,33)15(34,35)16(36,37)17(38,39)18(40,41)19(42,43)20(44,45)21(46,47)22(48,49)23(50,51)52/h1-4H,(H4,53,54,55,56,57). The highest BCUT2D eigenvalue weighted by atomic mass is 19.4. The second-order valence-electron chi connectivity index (χ2n) is 10.9. The predicted octanol–water partition coefficient (Wildman–Crippen LogP) is 9.98. The molecular weight excluding hydrogens is 897 g/mol. The molecule has 1 aromatic carbocycles. The van der Waals surface area contributed by atoms with E-state index in [4.69, 9.17) is 11.5 Å². The molecule has 4 N–H and O–H groups in total. The zero-order chi connectivity index (χ0) is 45.8. The fourth-order valence-electron chi connectivity index (χ4n) is 3.90. The maximum atomic E-state index is 14.6. The molecule has 0 radical (unpaired) electrons. The molecule has 0 saturated carbocycles. The number of nitrogens with zero attached hydrogens (tertiary/aromatic N) is 3. The average molecular weight is 905 g/mol. The Labute approximate surface area is 291 Å². The van der Waals surface area contributed by atoms with Crippen molar-refractivity contribution in [1.82, 2.24) is 15.0 Å². The Morgan fingerprint density at radius 2 is 0.526 bits per heavy atom. The Balaban J connectivity index is 2.74. The lowest BCUT2D eigenvalue weighted by Gasteiger charge is -2.46. The molecule has 57 heavy (non-hydrogen) atoms. The van der Waals surface area contributed by atoms with Crippen LogP contribution in [0.25, 0.3) is 11.4 Å². The zero-order valence-corrected chi connectivity index (χ0v) is 25.3. The van der Waals surface area contributed by atoms with Gasteiger partial charge >= 0.3 is 83.2 Å². The number of nitrogens with two attached hydrogens (primary N) is 2. The van der Waals surface area contributed by atoms with E-state index in [0.717, 1.165) is 0 Å². The van der Waals surface area contributed by atoms with E-state index in [1.807, 2.05) is 0 Å². The monoisotopic (exact) mass is 905 g/mol. The second kappa shape index (κ2) is 12.9. The molecule has 328 valence electrons. The molecule has 1 aromatic heterocycles. The van der Waals surface area contributed by atoms with Gasteiger partial charge in [-0.05, 0) is 0 Å². The number of alkyl halides is 29. The molecule has 0 aliphatic carbocycles. The summed E-state index contributed by atoms with van der Waals surface area (Å²) in [5.41, 5.74) is 6.84. The van der Waals surface area contributed by atoms with Gasteiger partial charge in [0.1, 0.15) is 0 Å². The minimum Gasteiger partial charge on any atom is -0.368 e. The van der Waals surface area contributed by atoms with Crippen LogP contribution in [0.4, 0.5) is 139 Å². The Morgan fingerprint density at radius 3 is 0.772 bits per heavy atom. The molecule has 0 aliphatic rings. The number of nitrogen functional groups attached to an aromatic ring is 2. The highest BCUT2D eigenvalue weighted by Gasteiger charge is 3.00. The van der Waals surface area contributed by atoms with E-state index in [0.29, 0.717) is 0 Å². The van der Waals surface area contributed by atoms with Crippen molar-refractivity contribution < 1.29 is 127 Å². The highest BCUT2D eigenvalue weighted by Crippen LogP contribution is 2.69. The van der Waals surface area contributed by atoms with Crippen LogP contribution >= 0.6 is 0 Å². The molecular formula is C23H8F29N5. The molecule has 0 amide bonds. The second-order valence-corrected chi connectivity index (χ2v) is 10.9. The molecule has 2 rings (SSSR count). The SMILES string of the molecule is Nc1nc(N)nc(-c2ccc(C(F)(F)C(F)(F)C(F)(F)C(F)(F)C(F)(F)C(F)(F)C(F)(F)C(F)(F)C(F)(F)C(F)(F)C(F)(F)C(F)(F)C(F)(F)C(F)(F)F)cc2)n1. The molecule has 0 aliphatic heterocycles. The van der Waals surface area contributed by atoms with Gasteiger partial charge in [0.25, 0.3) is 0 Å². The summed E-state index contributed by atoms with van der Waals surface area (Å²) in [5.74, 6) is -123. The molecule has 0 bridgehead atoms. The van der Waals surface area contributed by atoms with E-state index >= 15 is 0 Å². The third-order valence-electron chi connectivity index (χ3n) is 7.26. The number of hydrogen-bond donors (Lipinski definition) is 2. The van der Waals surface area contributed by atoms with Crippen LogP contribution in [0.2, 0.25) is 0 Å². The minimum absolute atomic E-state index is 0.0643. The molecule has 5 nitrogen and oxygen atoms in total. The fourth-order valence-corrected chi connectivity index (χ4v) is 3.90. The van der Waals surface area contributed by atoms with Gasteiger partial charge in [0.2, 0.25) is 11.9 Å². The predicted molar refractivity (Wildman–Crippen MR) is 123 cm³/mol. The van der Waals surface area contributed by atoms with Crippen LogP contribution in [-0.4, -0.2) is 92.2 Å². The van der Waals surface area contributed by atoms with Crippen molar-refractivity contribution >= 4 is 11.9 Å². The Kier molecular flexibility index (Phi) is 11.1. The lowest BCUT2D eigenvalue weighted by molar-refractivity contribution is -0.487. The van der Waals surface area contributed by atoms with E-state index in [1.165, 1.54) is 0 Å². The van der Waals surface area contributed by atoms with Crippen molar-refractivity contribution in [2.45, 2.75) is 83.2 Å². The number of rotatable bonds is 14. The van der Waals surface area contributed by atoms with Crippen molar-refractivity contribution in [2.75, 3.05) is 11.5 Å². The summed E-state index contributed by atoms with van der Waals surface area (Å²) in [6.07, 6.45) is -8.31. The highest BCUT2D eigenvalue weighted by molar-refractivity contribution is 5.58. The topological polar surface area (TPSA) is 90.7 Å². The van der Waals surface area contributed by atoms with Gasteiger partial charge in [-0.3, -0.25) is 0 Å². The van der Waals surface area contributed by atoms with Crippen LogP contribution in [0.3, 0.4) is 0 Å². The lowest BCUT2D eigenvalue weighted by Crippen LogP contribution is -2.79. The van der Waals surface area contributed by atoms with Crippen LogP contribution in [0.1, 0.15) is 5.56 Å². The lowest BCUT2D eigenvalue weighted by atomic mass is 9.83. The Bertz CT molecular complexity index is 1780. The van der Waals surface area contributed by atoms with Crippen LogP contribution in [0.5, 0.6) is 0 Å². The smallest absolute Gasteiger partial charge is 0.368 e. The number of anilines is 2. The minimum atomic E-state index is -9.98. The average Bonchev–Trinajstić information content (AvgIpc) is 3.02. The normalized spacial score (nSPS) is 15.9. The van der Waals surface area contributed by atoms with Crippen molar-refractivity contribution in [3.63, 3.8) is 0 Å². The van der Waals surface area contributed by atoms with E-state index in [1.54, 1.807) is 0 Å². The summed E-state index contributed by atoms with van der Waals surface area (Å²) in [7, 11) is 0. The third-order valence-corrected chi connectivity index (χ3v) is 7.26. The number of halogens is 29. The molecule has 0 fully saturated rings. The Hall–Kier alpha value is -4.20. The summed E-state index contributed by atoms with van der Waals surface area (Å²) >= 11 is 0. The maximum Gasteiger partial charge on any atom is 0.460 e. The van der Waals surface area contributed by atoms with Gasteiger partial charge in [0, 0.05) is 11.1 Å². The van der Waals surface area contributed by atoms with Crippen LogP contribution in [0, 0.1) is 0 Å². The summed E-state index contributed by atoms with van der Waals surface area (Å²) in [6.45, 7) is 0. The van der Waals surface area contributed by atoms with Gasteiger partial charge in [-0.15, -0.1) is 0 Å². The number of aromatic nitrogens is 3. The largest absolute Gasteiger partial charge is 0.460 e. The van der Waals surface area contributed by atoms with Gasteiger partial charge < -0.3 is 11.5 Å². The van der Waals surface area contributed by atoms with Gasteiger partial charge in [-0.25, -0.2) is 0 Å². The van der Waals surface area contributed by atoms with Crippen molar-refractivity contribution in [2.24, 2.45) is 0 Å². The van der Waals surface area contributed by atoms with Crippen LogP contribution in [0.15, 0.2) is 24.3 Å². The molecule has 0 atom stereocenters. The molecule has 1 heterocycles. The number of benzene rings is 1. The van der Waals surface area contributed by atoms with Gasteiger partial charge in [-0.1, -0.05) is 24.3 Å². The first kappa shape index (κ1) is 48.9. The first-order chi connectivity index (χ1) is 24.6.